The molecule has 0 aliphatic carbocycles. The Labute approximate surface area is 132 Å². The lowest BCUT2D eigenvalue weighted by Crippen LogP contribution is -2.39. The second kappa shape index (κ2) is 6.12. The number of halogens is 1. The summed E-state index contributed by atoms with van der Waals surface area (Å²) in [6.45, 7) is 1.92. The predicted molar refractivity (Wildman–Crippen MR) is 84.0 cm³/mol. The molecule has 0 atom stereocenters. The Hall–Kier alpha value is -2.83. The van der Waals surface area contributed by atoms with Gasteiger partial charge in [0.25, 0.3) is 5.91 Å². The maximum Gasteiger partial charge on any atom is 0.272 e. The monoisotopic (exact) mass is 314 g/mol. The van der Waals surface area contributed by atoms with Gasteiger partial charge in [-0.1, -0.05) is 0 Å². The molecule has 1 aromatic rings. The zero-order valence-corrected chi connectivity index (χ0v) is 12.5. The molecule has 0 spiro atoms. The van der Waals surface area contributed by atoms with Crippen molar-refractivity contribution in [2.75, 3.05) is 0 Å². The Bertz CT molecular complexity index is 763. The number of carbonyl (C=O) groups excluding carboxylic acids is 2. The molecule has 1 aromatic carbocycles. The molecule has 0 saturated heterocycles. The normalized spacial score (nSPS) is 17.6. The summed E-state index contributed by atoms with van der Waals surface area (Å²) in [5.41, 5.74) is 5.10. The van der Waals surface area contributed by atoms with Crippen LogP contribution in [0.3, 0.4) is 0 Å². The third-order valence-corrected chi connectivity index (χ3v) is 3.63. The van der Waals surface area contributed by atoms with Crippen LogP contribution in [0.4, 0.5) is 4.39 Å². The van der Waals surface area contributed by atoms with Crippen LogP contribution in [0.25, 0.3) is 5.70 Å². The smallest absolute Gasteiger partial charge is 0.272 e. The molecule has 3 rings (SSSR count). The SMILES string of the molecule is CC1=C(c2ccc(F)cc2)N=C(NC(=O)C2=NNC(=O)CC2)C1. The highest BCUT2D eigenvalue weighted by molar-refractivity contribution is 6.42. The van der Waals surface area contributed by atoms with Gasteiger partial charge in [0.05, 0.1) is 5.70 Å². The molecule has 0 unspecified atom stereocenters. The molecule has 0 fully saturated rings. The van der Waals surface area contributed by atoms with Crippen molar-refractivity contribution in [1.29, 1.82) is 0 Å². The van der Waals surface area contributed by atoms with Gasteiger partial charge in [-0.25, -0.2) is 14.8 Å². The van der Waals surface area contributed by atoms with Crippen LogP contribution in [0, 0.1) is 5.82 Å². The largest absolute Gasteiger partial charge is 0.309 e. The number of amides is 2. The van der Waals surface area contributed by atoms with Crippen LogP contribution >= 0.6 is 0 Å². The van der Waals surface area contributed by atoms with Crippen LogP contribution in [-0.4, -0.2) is 23.4 Å². The maximum absolute atomic E-state index is 13.0. The summed E-state index contributed by atoms with van der Waals surface area (Å²) in [4.78, 5) is 27.6. The van der Waals surface area contributed by atoms with Crippen molar-refractivity contribution in [2.24, 2.45) is 10.1 Å². The van der Waals surface area contributed by atoms with Gasteiger partial charge in [0.2, 0.25) is 5.91 Å². The van der Waals surface area contributed by atoms with E-state index in [1.807, 2.05) is 6.92 Å². The van der Waals surface area contributed by atoms with Gasteiger partial charge in [-0.2, -0.15) is 5.10 Å². The van der Waals surface area contributed by atoms with Gasteiger partial charge in [-0.15, -0.1) is 0 Å². The van der Waals surface area contributed by atoms with Crippen LogP contribution in [0.15, 0.2) is 39.9 Å². The fourth-order valence-electron chi connectivity index (χ4n) is 2.44. The number of hydrazone groups is 1. The van der Waals surface area contributed by atoms with Crippen LogP contribution < -0.4 is 10.7 Å². The standard InChI is InChI=1S/C16H15FN4O2/c1-9-8-13(18-15(9)10-2-4-11(17)5-3-10)19-16(23)12-6-7-14(22)21-20-12/h2-5H,6-8H2,1H3,(H,21,22)(H,18,19,23). The van der Waals surface area contributed by atoms with Gasteiger partial charge in [-0.3, -0.25) is 9.59 Å². The summed E-state index contributed by atoms with van der Waals surface area (Å²) in [5, 5.41) is 6.47. The molecular weight excluding hydrogens is 299 g/mol. The van der Waals surface area contributed by atoms with Gasteiger partial charge in [0.1, 0.15) is 17.4 Å². The van der Waals surface area contributed by atoms with Crippen LogP contribution in [0.5, 0.6) is 0 Å². The van der Waals surface area contributed by atoms with Crippen molar-refractivity contribution in [3.8, 4) is 0 Å². The molecule has 0 radical (unpaired) electrons. The van der Waals surface area contributed by atoms with Gasteiger partial charge in [0, 0.05) is 24.8 Å². The first-order valence-electron chi connectivity index (χ1n) is 7.23. The number of aliphatic imine (C=N–C) groups is 1. The molecule has 0 aromatic heterocycles. The minimum absolute atomic E-state index is 0.198. The second-order valence-corrected chi connectivity index (χ2v) is 5.42. The molecule has 2 heterocycles. The summed E-state index contributed by atoms with van der Waals surface area (Å²) < 4.78 is 13.0. The van der Waals surface area contributed by atoms with Crippen LogP contribution in [-0.2, 0) is 9.59 Å². The van der Waals surface area contributed by atoms with Crippen molar-refractivity contribution in [1.82, 2.24) is 10.7 Å². The highest BCUT2D eigenvalue weighted by Crippen LogP contribution is 2.27. The molecule has 2 amide bonds. The lowest BCUT2D eigenvalue weighted by molar-refractivity contribution is -0.121. The van der Waals surface area contributed by atoms with E-state index in [0.29, 0.717) is 18.7 Å². The van der Waals surface area contributed by atoms with E-state index in [1.54, 1.807) is 12.1 Å². The van der Waals surface area contributed by atoms with Gasteiger partial charge in [-0.05, 0) is 36.8 Å². The summed E-state index contributed by atoms with van der Waals surface area (Å²) in [7, 11) is 0. The number of rotatable bonds is 2. The number of hydrogen-bond donors (Lipinski definition) is 2. The molecule has 2 aliphatic rings. The molecule has 2 aliphatic heterocycles. The molecule has 2 N–H and O–H groups in total. The molecule has 0 bridgehead atoms. The Morgan fingerprint density at radius 1 is 1.26 bits per heavy atom. The predicted octanol–water partition coefficient (Wildman–Crippen LogP) is 1.74. The third kappa shape index (κ3) is 3.33. The Morgan fingerprint density at radius 2 is 2.00 bits per heavy atom. The molecular formula is C16H15FN4O2. The summed E-state index contributed by atoms with van der Waals surface area (Å²) in [6, 6.07) is 6.06. The van der Waals surface area contributed by atoms with Crippen molar-refractivity contribution in [3.63, 3.8) is 0 Å². The minimum atomic E-state index is -0.364. The number of nitrogens with one attached hydrogen (secondary N) is 2. The van der Waals surface area contributed by atoms with E-state index in [0.717, 1.165) is 16.8 Å². The number of hydrogen-bond acceptors (Lipinski definition) is 4. The van der Waals surface area contributed by atoms with Crippen LogP contribution in [0.1, 0.15) is 31.7 Å². The molecule has 6 nitrogen and oxygen atoms in total. The topological polar surface area (TPSA) is 82.9 Å². The van der Waals surface area contributed by atoms with Gasteiger partial charge < -0.3 is 5.32 Å². The first kappa shape index (κ1) is 15.1. The Balaban J connectivity index is 1.71. The van der Waals surface area contributed by atoms with Crippen molar-refractivity contribution < 1.29 is 14.0 Å². The van der Waals surface area contributed by atoms with Crippen molar-refractivity contribution >= 4 is 29.1 Å². The zero-order chi connectivity index (χ0) is 16.4. The quantitative estimate of drug-likeness (QED) is 0.871. The zero-order valence-electron chi connectivity index (χ0n) is 12.5. The average Bonchev–Trinajstić information content (AvgIpc) is 2.89. The van der Waals surface area contributed by atoms with E-state index >= 15 is 0 Å². The van der Waals surface area contributed by atoms with E-state index in [2.05, 4.69) is 20.8 Å². The van der Waals surface area contributed by atoms with E-state index in [4.69, 9.17) is 0 Å². The number of amidine groups is 1. The molecule has 23 heavy (non-hydrogen) atoms. The van der Waals surface area contributed by atoms with E-state index in [9.17, 15) is 14.0 Å². The van der Waals surface area contributed by atoms with Gasteiger partial charge >= 0.3 is 0 Å². The highest BCUT2D eigenvalue weighted by atomic mass is 19.1. The Morgan fingerprint density at radius 3 is 2.65 bits per heavy atom. The van der Waals surface area contributed by atoms with Gasteiger partial charge in [0.15, 0.2) is 0 Å². The average molecular weight is 314 g/mol. The summed E-state index contributed by atoms with van der Waals surface area (Å²) >= 11 is 0. The lowest BCUT2D eigenvalue weighted by atomic mass is 10.1. The Kier molecular flexibility index (Phi) is 4.01. The molecule has 0 saturated carbocycles. The van der Waals surface area contributed by atoms with Crippen LogP contribution in [0.2, 0.25) is 0 Å². The number of carbonyl (C=O) groups is 2. The van der Waals surface area contributed by atoms with E-state index < -0.39 is 0 Å². The van der Waals surface area contributed by atoms with E-state index in [-0.39, 0.29) is 29.8 Å². The van der Waals surface area contributed by atoms with Crippen molar-refractivity contribution in [3.05, 3.63) is 41.2 Å². The fraction of sp³-hybridized carbons (Fsp3) is 0.250. The second-order valence-electron chi connectivity index (χ2n) is 5.42. The first-order chi connectivity index (χ1) is 11.0. The third-order valence-electron chi connectivity index (χ3n) is 3.63. The van der Waals surface area contributed by atoms with Crippen molar-refractivity contribution in [2.45, 2.75) is 26.2 Å². The molecule has 7 heteroatoms. The first-order valence-corrected chi connectivity index (χ1v) is 7.23. The summed E-state index contributed by atoms with van der Waals surface area (Å²) in [5.74, 6) is -0.348. The number of nitrogens with zero attached hydrogens (tertiary/aromatic N) is 2. The maximum atomic E-state index is 13.0. The number of benzene rings is 1. The fourth-order valence-corrected chi connectivity index (χ4v) is 2.44. The highest BCUT2D eigenvalue weighted by Gasteiger charge is 2.22. The lowest BCUT2D eigenvalue weighted by Gasteiger charge is -2.11. The minimum Gasteiger partial charge on any atom is -0.309 e. The summed E-state index contributed by atoms with van der Waals surface area (Å²) in [6.07, 6.45) is 1.07. The van der Waals surface area contributed by atoms with E-state index in [1.165, 1.54) is 12.1 Å². The molecule has 118 valence electrons.